The van der Waals surface area contributed by atoms with E-state index in [2.05, 4.69) is 15.9 Å². The van der Waals surface area contributed by atoms with Gasteiger partial charge >= 0.3 is 0 Å². The van der Waals surface area contributed by atoms with Crippen molar-refractivity contribution in [3.8, 4) is 0 Å². The molecule has 0 amide bonds. The maximum Gasteiger partial charge on any atom is 0.127 e. The number of rotatable bonds is 1. The number of hydrogen-bond acceptors (Lipinski definition) is 1. The Morgan fingerprint density at radius 1 is 1.55 bits per heavy atom. The first-order chi connectivity index (χ1) is 5.15. The Morgan fingerprint density at radius 3 is 2.64 bits per heavy atom. The smallest absolute Gasteiger partial charge is 0.127 e. The zero-order valence-electron chi connectivity index (χ0n) is 6.20. The third-order valence-electron chi connectivity index (χ3n) is 1.58. The second-order valence-electron chi connectivity index (χ2n) is 2.39. The molecular weight excluding hydrogens is 209 g/mol. The van der Waals surface area contributed by atoms with Crippen LogP contribution in [0, 0.1) is 12.7 Å². The van der Waals surface area contributed by atoms with Gasteiger partial charge in [0.15, 0.2) is 0 Å². The summed E-state index contributed by atoms with van der Waals surface area (Å²) in [6.45, 7) is 2.09. The number of halogens is 2. The molecule has 0 saturated carbocycles. The van der Waals surface area contributed by atoms with Crippen LogP contribution < -0.4 is 5.73 Å². The van der Waals surface area contributed by atoms with E-state index < -0.39 is 0 Å². The van der Waals surface area contributed by atoms with Crippen LogP contribution in [0.3, 0.4) is 0 Å². The summed E-state index contributed by atoms with van der Waals surface area (Å²) in [5.41, 5.74) is 6.78. The Balaban J connectivity index is 3.21. The average Bonchev–Trinajstić information content (AvgIpc) is 1.99. The van der Waals surface area contributed by atoms with Crippen LogP contribution in [0.25, 0.3) is 0 Å². The Kier molecular flexibility index (Phi) is 2.62. The van der Waals surface area contributed by atoms with Crippen LogP contribution in [-0.4, -0.2) is 0 Å². The minimum atomic E-state index is -0.208. The van der Waals surface area contributed by atoms with Gasteiger partial charge in [0.05, 0.1) is 0 Å². The summed E-state index contributed by atoms with van der Waals surface area (Å²) in [5.74, 6) is -0.208. The van der Waals surface area contributed by atoms with E-state index in [0.717, 1.165) is 10.0 Å². The summed E-state index contributed by atoms with van der Waals surface area (Å²) in [5, 5.41) is 0. The lowest BCUT2D eigenvalue weighted by Crippen LogP contribution is -1.98. The van der Waals surface area contributed by atoms with Crippen molar-refractivity contribution in [3.63, 3.8) is 0 Å². The number of nitrogens with two attached hydrogens (primary N) is 1. The Bertz CT molecular complexity index is 250. The van der Waals surface area contributed by atoms with Crippen LogP contribution in [0.15, 0.2) is 16.6 Å². The minimum Gasteiger partial charge on any atom is -0.326 e. The molecule has 1 aromatic carbocycles. The van der Waals surface area contributed by atoms with Crippen molar-refractivity contribution in [2.75, 3.05) is 0 Å². The predicted octanol–water partition coefficient (Wildman–Crippen LogP) is 2.36. The Labute approximate surface area is 73.5 Å². The minimum absolute atomic E-state index is 0.208. The van der Waals surface area contributed by atoms with E-state index in [1.54, 1.807) is 6.92 Å². The van der Waals surface area contributed by atoms with Crippen LogP contribution in [0.2, 0.25) is 0 Å². The topological polar surface area (TPSA) is 26.0 Å². The van der Waals surface area contributed by atoms with Gasteiger partial charge in [-0.1, -0.05) is 15.9 Å². The summed E-state index contributed by atoms with van der Waals surface area (Å²) in [4.78, 5) is 0. The molecule has 0 spiro atoms. The molecule has 0 atom stereocenters. The molecule has 0 bridgehead atoms. The molecule has 1 nitrogen and oxygen atoms in total. The van der Waals surface area contributed by atoms with Gasteiger partial charge in [-0.25, -0.2) is 4.39 Å². The SMILES string of the molecule is Cc1c(F)cc(CN)cc1Br. The fraction of sp³-hybridized carbons (Fsp3) is 0.250. The van der Waals surface area contributed by atoms with Crippen molar-refractivity contribution in [1.82, 2.24) is 0 Å². The molecule has 11 heavy (non-hydrogen) atoms. The largest absolute Gasteiger partial charge is 0.326 e. The van der Waals surface area contributed by atoms with Gasteiger partial charge in [0.25, 0.3) is 0 Å². The van der Waals surface area contributed by atoms with E-state index in [9.17, 15) is 4.39 Å². The van der Waals surface area contributed by atoms with E-state index in [1.165, 1.54) is 6.07 Å². The van der Waals surface area contributed by atoms with Gasteiger partial charge < -0.3 is 5.73 Å². The quantitative estimate of drug-likeness (QED) is 0.769. The van der Waals surface area contributed by atoms with Gasteiger partial charge in [-0.3, -0.25) is 0 Å². The normalized spacial score (nSPS) is 10.2. The molecule has 2 N–H and O–H groups in total. The highest BCUT2D eigenvalue weighted by molar-refractivity contribution is 9.10. The maximum atomic E-state index is 12.9. The lowest BCUT2D eigenvalue weighted by atomic mass is 10.1. The number of hydrogen-bond donors (Lipinski definition) is 1. The first-order valence-corrected chi connectivity index (χ1v) is 4.09. The molecule has 0 aliphatic rings. The second kappa shape index (κ2) is 3.32. The van der Waals surface area contributed by atoms with Crippen LogP contribution in [-0.2, 0) is 6.54 Å². The molecule has 0 aliphatic heterocycles. The van der Waals surface area contributed by atoms with E-state index in [4.69, 9.17) is 5.73 Å². The van der Waals surface area contributed by atoms with Crippen molar-refractivity contribution in [2.45, 2.75) is 13.5 Å². The van der Waals surface area contributed by atoms with Crippen molar-refractivity contribution in [1.29, 1.82) is 0 Å². The summed E-state index contributed by atoms with van der Waals surface area (Å²) in [7, 11) is 0. The monoisotopic (exact) mass is 217 g/mol. The molecule has 0 fully saturated rings. The van der Waals surface area contributed by atoms with Crippen LogP contribution in [0.5, 0.6) is 0 Å². The molecule has 60 valence electrons. The molecule has 0 heterocycles. The first kappa shape index (κ1) is 8.68. The zero-order chi connectivity index (χ0) is 8.43. The average molecular weight is 218 g/mol. The molecule has 0 aliphatic carbocycles. The van der Waals surface area contributed by atoms with Crippen molar-refractivity contribution in [3.05, 3.63) is 33.5 Å². The summed E-state index contributed by atoms with van der Waals surface area (Å²) >= 11 is 3.24. The van der Waals surface area contributed by atoms with Gasteiger partial charge in [0.2, 0.25) is 0 Å². The predicted molar refractivity (Wildman–Crippen MR) is 46.7 cm³/mol. The Hall–Kier alpha value is -0.410. The fourth-order valence-electron chi connectivity index (χ4n) is 0.816. The maximum absolute atomic E-state index is 12.9. The van der Waals surface area contributed by atoms with E-state index in [1.807, 2.05) is 6.07 Å². The van der Waals surface area contributed by atoms with E-state index in [0.29, 0.717) is 12.1 Å². The van der Waals surface area contributed by atoms with E-state index >= 15 is 0 Å². The molecule has 0 radical (unpaired) electrons. The highest BCUT2D eigenvalue weighted by Gasteiger charge is 2.02. The molecule has 0 aromatic heterocycles. The van der Waals surface area contributed by atoms with Crippen LogP contribution in [0.4, 0.5) is 4.39 Å². The standard InChI is InChI=1S/C8H9BrFN/c1-5-7(9)2-6(4-11)3-8(5)10/h2-3H,4,11H2,1H3. The number of benzene rings is 1. The van der Waals surface area contributed by atoms with Crippen molar-refractivity contribution in [2.24, 2.45) is 5.73 Å². The summed E-state index contributed by atoms with van der Waals surface area (Å²) in [6, 6.07) is 3.29. The van der Waals surface area contributed by atoms with Crippen molar-refractivity contribution >= 4 is 15.9 Å². The lowest BCUT2D eigenvalue weighted by molar-refractivity contribution is 0.615. The van der Waals surface area contributed by atoms with Gasteiger partial charge in [0, 0.05) is 11.0 Å². The van der Waals surface area contributed by atoms with Crippen molar-refractivity contribution < 1.29 is 4.39 Å². The van der Waals surface area contributed by atoms with Crippen LogP contribution >= 0.6 is 15.9 Å². The molecule has 1 rings (SSSR count). The Morgan fingerprint density at radius 2 is 2.18 bits per heavy atom. The summed E-state index contributed by atoms with van der Waals surface area (Å²) in [6.07, 6.45) is 0. The molecular formula is C8H9BrFN. The fourth-order valence-corrected chi connectivity index (χ4v) is 1.30. The molecule has 0 saturated heterocycles. The first-order valence-electron chi connectivity index (χ1n) is 3.29. The molecule has 0 unspecified atom stereocenters. The highest BCUT2D eigenvalue weighted by atomic mass is 79.9. The van der Waals surface area contributed by atoms with Gasteiger partial charge in [-0.05, 0) is 30.2 Å². The van der Waals surface area contributed by atoms with Gasteiger partial charge in [-0.15, -0.1) is 0 Å². The molecule has 1 aromatic rings. The zero-order valence-corrected chi connectivity index (χ0v) is 7.78. The van der Waals surface area contributed by atoms with Crippen LogP contribution in [0.1, 0.15) is 11.1 Å². The van der Waals surface area contributed by atoms with E-state index in [-0.39, 0.29) is 5.82 Å². The highest BCUT2D eigenvalue weighted by Crippen LogP contribution is 2.20. The lowest BCUT2D eigenvalue weighted by Gasteiger charge is -2.02. The van der Waals surface area contributed by atoms with Gasteiger partial charge in [0.1, 0.15) is 5.82 Å². The second-order valence-corrected chi connectivity index (χ2v) is 3.24. The molecule has 3 heteroatoms. The van der Waals surface area contributed by atoms with Gasteiger partial charge in [-0.2, -0.15) is 0 Å². The third kappa shape index (κ3) is 1.79. The third-order valence-corrected chi connectivity index (χ3v) is 2.40. The summed E-state index contributed by atoms with van der Waals surface area (Å²) < 4.78 is 13.7.